The molecule has 0 radical (unpaired) electrons. The summed E-state index contributed by atoms with van der Waals surface area (Å²) in [6.07, 6.45) is 96.4. The molecular formula is C76H128NO8P. The van der Waals surface area contributed by atoms with Gasteiger partial charge in [-0.05, 0) is 103 Å². The molecule has 0 saturated heterocycles. The molecule has 0 aliphatic carbocycles. The van der Waals surface area contributed by atoms with Crippen molar-refractivity contribution in [1.82, 2.24) is 0 Å². The zero-order valence-electron chi connectivity index (χ0n) is 55.7. The monoisotopic (exact) mass is 1210 g/mol. The van der Waals surface area contributed by atoms with E-state index in [4.69, 9.17) is 18.5 Å². The Morgan fingerprint density at radius 3 is 0.988 bits per heavy atom. The van der Waals surface area contributed by atoms with E-state index in [1.54, 1.807) is 0 Å². The summed E-state index contributed by atoms with van der Waals surface area (Å²) < 4.78 is 34.2. The summed E-state index contributed by atoms with van der Waals surface area (Å²) in [5.41, 5.74) is 0. The number of hydrogen-bond acceptors (Lipinski definition) is 8. The van der Waals surface area contributed by atoms with Crippen LogP contribution in [-0.2, 0) is 32.7 Å². The lowest BCUT2D eigenvalue weighted by Crippen LogP contribution is -2.37. The van der Waals surface area contributed by atoms with Crippen LogP contribution >= 0.6 is 7.82 Å². The zero-order valence-corrected chi connectivity index (χ0v) is 56.6. The quantitative estimate of drug-likeness (QED) is 0.0195. The van der Waals surface area contributed by atoms with Gasteiger partial charge in [-0.25, -0.2) is 0 Å². The minimum Gasteiger partial charge on any atom is -0.756 e. The summed E-state index contributed by atoms with van der Waals surface area (Å²) in [6, 6.07) is 0. The number of quaternary nitrogens is 1. The predicted octanol–water partition coefficient (Wildman–Crippen LogP) is 22.0. The van der Waals surface area contributed by atoms with Crippen LogP contribution in [0.2, 0.25) is 0 Å². The number of likely N-dealkylation sites (N-methyl/N-ethyl adjacent to an activating group) is 1. The zero-order chi connectivity index (χ0) is 62.6. The van der Waals surface area contributed by atoms with E-state index < -0.39 is 32.5 Å². The summed E-state index contributed by atoms with van der Waals surface area (Å²) in [7, 11) is 1.13. The number of carbonyl (C=O) groups excluding carboxylic acids is 2. The SMILES string of the molecule is CC/C=C\C/C=C\C/C=C\C/C=C\C/C=C\C/C=C\C/C=C\C/C=C\C/C=C\C/C=C\C/C=C\C/C=C\CCCCC(=O)OC(COC(=O)CCCCCCCCCCCCCCCCCCCCCCCCC)COP(=O)([O-])OCC[N+](C)(C)C. The first-order valence-electron chi connectivity index (χ1n) is 34.5. The van der Waals surface area contributed by atoms with Crippen LogP contribution in [0.1, 0.15) is 271 Å². The fraction of sp³-hybridized carbons (Fsp3) is 0.658. The molecule has 0 spiro atoms. The van der Waals surface area contributed by atoms with Gasteiger partial charge in [0.2, 0.25) is 0 Å². The molecule has 9 nitrogen and oxygen atoms in total. The van der Waals surface area contributed by atoms with Crippen LogP contribution in [0, 0.1) is 0 Å². The lowest BCUT2D eigenvalue weighted by atomic mass is 10.0. The van der Waals surface area contributed by atoms with Gasteiger partial charge in [-0.1, -0.05) is 301 Å². The largest absolute Gasteiger partial charge is 0.756 e. The first-order valence-corrected chi connectivity index (χ1v) is 36.0. The highest BCUT2D eigenvalue weighted by Crippen LogP contribution is 2.38. The average molecular weight is 1210 g/mol. The van der Waals surface area contributed by atoms with Crippen molar-refractivity contribution in [2.24, 2.45) is 0 Å². The number of phosphoric ester groups is 1. The molecule has 0 aromatic carbocycles. The van der Waals surface area contributed by atoms with Crippen LogP contribution in [-0.4, -0.2) is 70.0 Å². The smallest absolute Gasteiger partial charge is 0.306 e. The molecule has 2 atom stereocenters. The Morgan fingerprint density at radius 1 is 0.372 bits per heavy atom. The second-order valence-electron chi connectivity index (χ2n) is 23.8. The van der Waals surface area contributed by atoms with Crippen molar-refractivity contribution >= 4 is 19.8 Å². The fourth-order valence-electron chi connectivity index (χ4n) is 9.11. The van der Waals surface area contributed by atoms with Crippen molar-refractivity contribution in [2.45, 2.75) is 277 Å². The number of hydrogen-bond donors (Lipinski definition) is 0. The number of carbonyl (C=O) groups is 2. The van der Waals surface area contributed by atoms with Crippen LogP contribution in [0.15, 0.2) is 146 Å². The first-order chi connectivity index (χ1) is 42.0. The van der Waals surface area contributed by atoms with Crippen LogP contribution in [0.3, 0.4) is 0 Å². The summed E-state index contributed by atoms with van der Waals surface area (Å²) in [5.74, 6) is -0.885. The fourth-order valence-corrected chi connectivity index (χ4v) is 9.84. The standard InChI is InChI=1S/C76H128NO8P/c1-6-8-10-12-14-16-18-20-22-24-26-28-30-31-32-33-34-35-36-37-38-39-40-41-42-43-44-45-47-49-51-53-55-57-59-61-63-65-67-69-76(79)85-74(73-84-86(80,81)83-71-70-77(3,4)5)72-82-75(78)68-66-64-62-60-58-56-54-52-50-48-46-29-27-25-23-21-19-17-15-13-11-9-7-2/h8,10,14,16,20,22,26,28,31-32,34-35,37-38,40-41,43-44,47,49,53,55,59,61,74H,6-7,9,11-13,15,17-19,21,23-25,27,29-30,33,36,39,42,45-46,48,50-52,54,56-58,60,62-73H2,1-5H3/b10-8-,16-14-,22-20-,28-26-,32-31-,35-34-,38-37-,41-40-,44-43-,49-47-,55-53-,61-59-. The lowest BCUT2D eigenvalue weighted by molar-refractivity contribution is -0.870. The number of rotatable bonds is 62. The Bertz CT molecular complexity index is 1960. The van der Waals surface area contributed by atoms with E-state index in [-0.39, 0.29) is 26.1 Å². The molecular weight excluding hydrogens is 1090 g/mol. The van der Waals surface area contributed by atoms with E-state index >= 15 is 0 Å². The maximum absolute atomic E-state index is 12.8. The molecule has 0 fully saturated rings. The van der Waals surface area contributed by atoms with Gasteiger partial charge in [-0.15, -0.1) is 0 Å². The third-order valence-corrected chi connectivity index (χ3v) is 15.3. The maximum Gasteiger partial charge on any atom is 0.306 e. The molecule has 0 aliphatic heterocycles. The highest BCUT2D eigenvalue weighted by molar-refractivity contribution is 7.45. The molecule has 0 aromatic rings. The van der Waals surface area contributed by atoms with Crippen molar-refractivity contribution in [3.63, 3.8) is 0 Å². The van der Waals surface area contributed by atoms with Crippen molar-refractivity contribution in [3.05, 3.63) is 146 Å². The number of allylic oxidation sites excluding steroid dienone is 24. The topological polar surface area (TPSA) is 111 Å². The van der Waals surface area contributed by atoms with Crippen LogP contribution in [0.25, 0.3) is 0 Å². The second-order valence-corrected chi connectivity index (χ2v) is 25.2. The number of nitrogens with zero attached hydrogens (tertiary/aromatic N) is 1. The number of ether oxygens (including phenoxy) is 2. The normalized spacial score (nSPS) is 14.1. The van der Waals surface area contributed by atoms with Crippen molar-refractivity contribution in [1.29, 1.82) is 0 Å². The van der Waals surface area contributed by atoms with Gasteiger partial charge >= 0.3 is 11.9 Å². The highest BCUT2D eigenvalue weighted by atomic mass is 31.2. The second kappa shape index (κ2) is 65.3. The van der Waals surface area contributed by atoms with Gasteiger partial charge in [0.1, 0.15) is 19.8 Å². The van der Waals surface area contributed by atoms with Gasteiger partial charge in [0.25, 0.3) is 7.82 Å². The molecule has 0 saturated carbocycles. The van der Waals surface area contributed by atoms with E-state index in [1.165, 1.54) is 128 Å². The summed E-state index contributed by atoms with van der Waals surface area (Å²) >= 11 is 0. The van der Waals surface area contributed by atoms with E-state index in [0.717, 1.165) is 109 Å². The molecule has 86 heavy (non-hydrogen) atoms. The molecule has 0 bridgehead atoms. The van der Waals surface area contributed by atoms with Crippen molar-refractivity contribution < 1.29 is 42.1 Å². The number of phosphoric acid groups is 1. The highest BCUT2D eigenvalue weighted by Gasteiger charge is 2.22. The third kappa shape index (κ3) is 69.0. The van der Waals surface area contributed by atoms with Gasteiger partial charge in [-0.3, -0.25) is 14.2 Å². The van der Waals surface area contributed by atoms with Crippen LogP contribution < -0.4 is 4.89 Å². The Kier molecular flexibility index (Phi) is 62.2. The Labute approximate surface area is 529 Å². The van der Waals surface area contributed by atoms with Gasteiger partial charge < -0.3 is 27.9 Å². The van der Waals surface area contributed by atoms with Gasteiger partial charge in [-0.2, -0.15) is 0 Å². The third-order valence-electron chi connectivity index (χ3n) is 14.4. The summed E-state index contributed by atoms with van der Waals surface area (Å²) in [6.45, 7) is 4.09. The van der Waals surface area contributed by atoms with Gasteiger partial charge in [0.15, 0.2) is 6.10 Å². The molecule has 490 valence electrons. The maximum atomic E-state index is 12.8. The van der Waals surface area contributed by atoms with Crippen LogP contribution in [0.5, 0.6) is 0 Å². The molecule has 10 heteroatoms. The molecule has 0 N–H and O–H groups in total. The van der Waals surface area contributed by atoms with E-state index in [9.17, 15) is 19.0 Å². The Balaban J connectivity index is 4.20. The molecule has 0 rings (SSSR count). The molecule has 0 aromatic heterocycles. The molecule has 2 unspecified atom stereocenters. The average Bonchev–Trinajstić information content (AvgIpc) is 3.56. The Hall–Kier alpha value is -4.11. The van der Waals surface area contributed by atoms with Gasteiger partial charge in [0, 0.05) is 12.8 Å². The predicted molar refractivity (Wildman–Crippen MR) is 369 cm³/mol. The van der Waals surface area contributed by atoms with E-state index in [1.807, 2.05) is 21.1 Å². The first kappa shape index (κ1) is 81.9. The van der Waals surface area contributed by atoms with Crippen molar-refractivity contribution in [2.75, 3.05) is 47.5 Å². The van der Waals surface area contributed by atoms with Crippen molar-refractivity contribution in [3.8, 4) is 0 Å². The van der Waals surface area contributed by atoms with Gasteiger partial charge in [0.05, 0.1) is 27.7 Å². The molecule has 0 aliphatic rings. The minimum absolute atomic E-state index is 0.0455. The Morgan fingerprint density at radius 2 is 0.663 bits per heavy atom. The summed E-state index contributed by atoms with van der Waals surface area (Å²) in [4.78, 5) is 38.0. The summed E-state index contributed by atoms with van der Waals surface area (Å²) in [5, 5.41) is 0. The van der Waals surface area contributed by atoms with E-state index in [0.29, 0.717) is 17.4 Å². The molecule has 0 amide bonds. The number of esters is 2. The van der Waals surface area contributed by atoms with Crippen LogP contribution in [0.4, 0.5) is 0 Å². The van der Waals surface area contributed by atoms with E-state index in [2.05, 4.69) is 160 Å². The number of unbranched alkanes of at least 4 members (excludes halogenated alkanes) is 24. The molecule has 0 heterocycles. The minimum atomic E-state index is -4.66. The lowest BCUT2D eigenvalue weighted by Gasteiger charge is -2.28.